The number of hydrogen-bond acceptors (Lipinski definition) is 2. The largest absolute Gasteiger partial charge is 0.388 e. The zero-order chi connectivity index (χ0) is 17.1. The van der Waals surface area contributed by atoms with Crippen LogP contribution in [0.3, 0.4) is 0 Å². The summed E-state index contributed by atoms with van der Waals surface area (Å²) in [5.41, 5.74) is 1.21. The smallest absolute Gasteiger partial charge is 0.253 e. The molecule has 1 aliphatic rings. The maximum atomic E-state index is 13.3. The highest BCUT2D eigenvalue weighted by molar-refractivity contribution is 6.30. The van der Waals surface area contributed by atoms with E-state index in [0.717, 1.165) is 5.56 Å². The molecule has 1 N–H and O–H groups in total. The van der Waals surface area contributed by atoms with E-state index >= 15 is 0 Å². The number of rotatable bonds is 3. The van der Waals surface area contributed by atoms with Crippen molar-refractivity contribution in [3.05, 3.63) is 70.5 Å². The van der Waals surface area contributed by atoms with Crippen LogP contribution in [0.15, 0.2) is 48.5 Å². The molecule has 24 heavy (non-hydrogen) atoms. The van der Waals surface area contributed by atoms with Crippen molar-refractivity contribution in [2.24, 2.45) is 5.92 Å². The van der Waals surface area contributed by atoms with Crippen LogP contribution in [-0.4, -0.2) is 29.0 Å². The van der Waals surface area contributed by atoms with Gasteiger partial charge in [-0.25, -0.2) is 4.39 Å². The molecule has 0 spiro atoms. The van der Waals surface area contributed by atoms with Crippen LogP contribution in [0.1, 0.15) is 34.9 Å². The summed E-state index contributed by atoms with van der Waals surface area (Å²) < 4.78 is 13.3. The number of benzene rings is 2. The number of amides is 1. The lowest BCUT2D eigenvalue weighted by Crippen LogP contribution is -2.39. The van der Waals surface area contributed by atoms with Crippen LogP contribution in [0, 0.1) is 11.7 Å². The summed E-state index contributed by atoms with van der Waals surface area (Å²) in [5, 5.41) is 11.2. The number of carbonyl (C=O) groups excluding carboxylic acids is 1. The molecular formula is C19H19ClFNO2. The molecule has 3 rings (SSSR count). The average Bonchev–Trinajstić information content (AvgIpc) is 2.61. The molecule has 0 aromatic heterocycles. The Morgan fingerprint density at radius 1 is 1.17 bits per heavy atom. The number of piperidine rings is 1. The van der Waals surface area contributed by atoms with Gasteiger partial charge < -0.3 is 10.0 Å². The van der Waals surface area contributed by atoms with Gasteiger partial charge in [0.1, 0.15) is 5.82 Å². The summed E-state index contributed by atoms with van der Waals surface area (Å²) in [6.07, 6.45) is 0.865. The van der Waals surface area contributed by atoms with Gasteiger partial charge in [-0.3, -0.25) is 4.79 Å². The molecule has 0 aliphatic carbocycles. The summed E-state index contributed by atoms with van der Waals surface area (Å²) in [7, 11) is 0. The predicted molar refractivity (Wildman–Crippen MR) is 91.4 cm³/mol. The van der Waals surface area contributed by atoms with Crippen molar-refractivity contribution in [2.75, 3.05) is 13.1 Å². The van der Waals surface area contributed by atoms with Crippen molar-refractivity contribution in [3.8, 4) is 0 Å². The minimum absolute atomic E-state index is 0.0998. The maximum absolute atomic E-state index is 13.3. The van der Waals surface area contributed by atoms with E-state index in [1.165, 1.54) is 12.1 Å². The SMILES string of the molecule is O=C(c1cccc(F)c1)N1CCC(C(O)c2ccc(Cl)cc2)CC1. The fourth-order valence-electron chi connectivity index (χ4n) is 3.15. The van der Waals surface area contributed by atoms with Crippen LogP contribution in [0.5, 0.6) is 0 Å². The highest BCUT2D eigenvalue weighted by Gasteiger charge is 2.28. The second kappa shape index (κ2) is 7.32. The monoisotopic (exact) mass is 347 g/mol. The molecule has 126 valence electrons. The number of nitrogens with zero attached hydrogens (tertiary/aromatic N) is 1. The number of likely N-dealkylation sites (tertiary alicyclic amines) is 1. The third-order valence-electron chi connectivity index (χ3n) is 4.56. The summed E-state index contributed by atoms with van der Waals surface area (Å²) in [6, 6.07) is 12.9. The molecule has 1 amide bonds. The lowest BCUT2D eigenvalue weighted by atomic mass is 9.87. The summed E-state index contributed by atoms with van der Waals surface area (Å²) in [4.78, 5) is 14.1. The molecular weight excluding hydrogens is 329 g/mol. The van der Waals surface area contributed by atoms with E-state index < -0.39 is 11.9 Å². The van der Waals surface area contributed by atoms with E-state index in [2.05, 4.69) is 0 Å². The van der Waals surface area contributed by atoms with Crippen molar-refractivity contribution < 1.29 is 14.3 Å². The number of halogens is 2. The van der Waals surface area contributed by atoms with Crippen LogP contribution in [0.25, 0.3) is 0 Å². The number of aliphatic hydroxyl groups is 1. The van der Waals surface area contributed by atoms with Crippen LogP contribution in [-0.2, 0) is 0 Å². The Balaban J connectivity index is 1.61. The Labute approximate surface area is 145 Å². The second-order valence-electron chi connectivity index (χ2n) is 6.14. The lowest BCUT2D eigenvalue weighted by molar-refractivity contribution is 0.0462. The molecule has 1 aliphatic heterocycles. The normalized spacial score (nSPS) is 16.9. The van der Waals surface area contributed by atoms with E-state index in [0.29, 0.717) is 36.5 Å². The molecule has 1 fully saturated rings. The van der Waals surface area contributed by atoms with Gasteiger partial charge in [0.05, 0.1) is 6.10 Å². The number of aliphatic hydroxyl groups excluding tert-OH is 1. The molecule has 0 saturated carbocycles. The first-order chi connectivity index (χ1) is 11.5. The Kier molecular flexibility index (Phi) is 5.17. The predicted octanol–water partition coefficient (Wildman–Crippen LogP) is 4.06. The van der Waals surface area contributed by atoms with Gasteiger partial charge >= 0.3 is 0 Å². The van der Waals surface area contributed by atoms with E-state index in [9.17, 15) is 14.3 Å². The van der Waals surface area contributed by atoms with Crippen molar-refractivity contribution in [1.29, 1.82) is 0 Å². The molecule has 2 aromatic rings. The van der Waals surface area contributed by atoms with E-state index in [4.69, 9.17) is 11.6 Å². The standard InChI is InChI=1S/C19H19ClFNO2/c20-16-6-4-13(5-7-16)18(23)14-8-10-22(11-9-14)19(24)15-2-1-3-17(21)12-15/h1-7,12,14,18,23H,8-11H2. The Bertz CT molecular complexity index is 712. The molecule has 0 bridgehead atoms. The molecule has 3 nitrogen and oxygen atoms in total. The summed E-state index contributed by atoms with van der Waals surface area (Å²) in [5.74, 6) is -0.467. The van der Waals surface area contributed by atoms with Gasteiger partial charge in [0.15, 0.2) is 0 Å². The molecule has 2 aromatic carbocycles. The van der Waals surface area contributed by atoms with E-state index in [1.54, 1.807) is 29.2 Å². The molecule has 1 heterocycles. The highest BCUT2D eigenvalue weighted by Crippen LogP contribution is 2.31. The van der Waals surface area contributed by atoms with Crippen LogP contribution < -0.4 is 0 Å². The first-order valence-electron chi connectivity index (χ1n) is 8.03. The van der Waals surface area contributed by atoms with Crippen molar-refractivity contribution in [2.45, 2.75) is 18.9 Å². The van der Waals surface area contributed by atoms with E-state index in [-0.39, 0.29) is 11.8 Å². The number of carbonyl (C=O) groups is 1. The Hall–Kier alpha value is -1.91. The third-order valence-corrected chi connectivity index (χ3v) is 4.81. The first kappa shape index (κ1) is 16.9. The minimum atomic E-state index is -0.561. The van der Waals surface area contributed by atoms with Gasteiger partial charge in [0.2, 0.25) is 0 Å². The fraction of sp³-hybridized carbons (Fsp3) is 0.316. The Morgan fingerprint density at radius 3 is 2.46 bits per heavy atom. The fourth-order valence-corrected chi connectivity index (χ4v) is 3.28. The van der Waals surface area contributed by atoms with Crippen molar-refractivity contribution >= 4 is 17.5 Å². The van der Waals surface area contributed by atoms with Gasteiger partial charge in [-0.1, -0.05) is 29.8 Å². The lowest BCUT2D eigenvalue weighted by Gasteiger charge is -2.34. The topological polar surface area (TPSA) is 40.5 Å². The third kappa shape index (κ3) is 3.77. The summed E-state index contributed by atoms with van der Waals surface area (Å²) >= 11 is 5.87. The Morgan fingerprint density at radius 2 is 1.83 bits per heavy atom. The molecule has 5 heteroatoms. The van der Waals surface area contributed by atoms with Crippen LogP contribution >= 0.6 is 11.6 Å². The van der Waals surface area contributed by atoms with Gasteiger partial charge in [-0.05, 0) is 54.7 Å². The number of hydrogen-bond donors (Lipinski definition) is 1. The quantitative estimate of drug-likeness (QED) is 0.909. The average molecular weight is 348 g/mol. The van der Waals surface area contributed by atoms with Gasteiger partial charge in [0.25, 0.3) is 5.91 Å². The van der Waals surface area contributed by atoms with Crippen molar-refractivity contribution in [1.82, 2.24) is 4.90 Å². The summed E-state index contributed by atoms with van der Waals surface area (Å²) in [6.45, 7) is 1.12. The molecule has 1 saturated heterocycles. The molecule has 1 atom stereocenters. The zero-order valence-electron chi connectivity index (χ0n) is 13.2. The molecule has 0 radical (unpaired) electrons. The molecule has 1 unspecified atom stereocenters. The van der Waals surface area contributed by atoms with E-state index in [1.807, 2.05) is 12.1 Å². The van der Waals surface area contributed by atoms with Gasteiger partial charge in [-0.15, -0.1) is 0 Å². The second-order valence-corrected chi connectivity index (χ2v) is 6.57. The zero-order valence-corrected chi connectivity index (χ0v) is 13.9. The van der Waals surface area contributed by atoms with Crippen LogP contribution in [0.2, 0.25) is 5.02 Å². The van der Waals surface area contributed by atoms with Gasteiger partial charge in [0, 0.05) is 23.7 Å². The van der Waals surface area contributed by atoms with Crippen LogP contribution in [0.4, 0.5) is 4.39 Å². The minimum Gasteiger partial charge on any atom is -0.388 e. The van der Waals surface area contributed by atoms with Crippen molar-refractivity contribution in [3.63, 3.8) is 0 Å². The first-order valence-corrected chi connectivity index (χ1v) is 8.41. The maximum Gasteiger partial charge on any atom is 0.253 e. The van der Waals surface area contributed by atoms with Gasteiger partial charge in [-0.2, -0.15) is 0 Å². The highest BCUT2D eigenvalue weighted by atomic mass is 35.5.